The summed E-state index contributed by atoms with van der Waals surface area (Å²) in [5.41, 5.74) is 0.335. The van der Waals surface area contributed by atoms with Crippen LogP contribution in [0.4, 0.5) is 13.2 Å². The van der Waals surface area contributed by atoms with Crippen LogP contribution in [0.25, 0.3) is 22.6 Å². The van der Waals surface area contributed by atoms with E-state index in [4.69, 9.17) is 16.3 Å². The zero-order chi connectivity index (χ0) is 24.7. The van der Waals surface area contributed by atoms with Crippen molar-refractivity contribution in [3.63, 3.8) is 0 Å². The van der Waals surface area contributed by atoms with Gasteiger partial charge in [0.1, 0.15) is 10.6 Å². The van der Waals surface area contributed by atoms with Crippen molar-refractivity contribution in [3.05, 3.63) is 70.4 Å². The van der Waals surface area contributed by atoms with E-state index < -0.39 is 28.3 Å². The van der Waals surface area contributed by atoms with Gasteiger partial charge >= 0.3 is 11.9 Å². The highest BCUT2D eigenvalue weighted by molar-refractivity contribution is 7.91. The van der Waals surface area contributed by atoms with E-state index in [0.717, 1.165) is 15.1 Å². The molecule has 0 saturated heterocycles. The summed E-state index contributed by atoms with van der Waals surface area (Å²) in [4.78, 5) is 16.9. The van der Waals surface area contributed by atoms with E-state index in [1.165, 1.54) is 31.5 Å². The van der Waals surface area contributed by atoms with Crippen molar-refractivity contribution in [2.24, 2.45) is 0 Å². The van der Waals surface area contributed by atoms with Crippen LogP contribution in [0.15, 0.2) is 64.5 Å². The predicted molar refractivity (Wildman–Crippen MR) is 118 cm³/mol. The molecule has 0 spiro atoms. The van der Waals surface area contributed by atoms with E-state index in [1.54, 1.807) is 24.3 Å². The smallest absolute Gasteiger partial charge is 0.422 e. The summed E-state index contributed by atoms with van der Waals surface area (Å²) in [5.74, 6) is -0.649. The number of nitrogens with zero attached hydrogens (tertiary/aromatic N) is 4. The van der Waals surface area contributed by atoms with E-state index in [2.05, 4.69) is 10.1 Å². The average molecular weight is 513 g/mol. The van der Waals surface area contributed by atoms with Gasteiger partial charge in [-0.25, -0.2) is 22.6 Å². The molecule has 0 saturated carbocycles. The first-order valence-electron chi connectivity index (χ1n) is 9.78. The van der Waals surface area contributed by atoms with Crippen LogP contribution < -0.4 is 10.4 Å². The van der Waals surface area contributed by atoms with E-state index in [9.17, 15) is 26.4 Å². The van der Waals surface area contributed by atoms with Gasteiger partial charge in [0.25, 0.3) is 0 Å². The molecule has 0 fully saturated rings. The molecule has 0 N–H and O–H groups in total. The van der Waals surface area contributed by atoms with Crippen molar-refractivity contribution in [1.82, 2.24) is 19.2 Å². The third-order valence-electron chi connectivity index (χ3n) is 4.82. The fraction of sp³-hybridized carbons (Fsp3) is 0.190. The van der Waals surface area contributed by atoms with E-state index in [0.29, 0.717) is 16.1 Å². The molecule has 0 bridgehead atoms. The molecule has 34 heavy (non-hydrogen) atoms. The summed E-state index contributed by atoms with van der Waals surface area (Å²) in [6.07, 6.45) is -1.96. The molecular formula is C21H16ClF3N4O4S. The molecule has 178 valence electrons. The Morgan fingerprint density at radius 2 is 1.79 bits per heavy atom. The van der Waals surface area contributed by atoms with Gasteiger partial charge in [-0.3, -0.25) is 0 Å². The molecule has 4 rings (SSSR count). The lowest BCUT2D eigenvalue weighted by Gasteiger charge is -2.10. The van der Waals surface area contributed by atoms with Crippen molar-refractivity contribution in [1.29, 1.82) is 0 Å². The lowest BCUT2D eigenvalue weighted by atomic mass is 10.1. The lowest BCUT2D eigenvalue weighted by molar-refractivity contribution is -0.153. The first-order chi connectivity index (χ1) is 16.0. The molecule has 0 aliphatic carbocycles. The highest BCUT2D eigenvalue weighted by Crippen LogP contribution is 2.27. The predicted octanol–water partition coefficient (Wildman–Crippen LogP) is 3.94. The van der Waals surface area contributed by atoms with Gasteiger partial charge in [-0.15, -0.1) is 5.10 Å². The summed E-state index contributed by atoms with van der Waals surface area (Å²) < 4.78 is 69.5. The summed E-state index contributed by atoms with van der Waals surface area (Å²) in [7, 11) is -3.85. The third kappa shape index (κ3) is 4.77. The highest BCUT2D eigenvalue weighted by Gasteiger charge is 2.28. The molecule has 0 atom stereocenters. The van der Waals surface area contributed by atoms with Crippen LogP contribution in [-0.2, 0) is 9.84 Å². The summed E-state index contributed by atoms with van der Waals surface area (Å²) >= 11 is 5.92. The Labute approximate surface area is 196 Å². The van der Waals surface area contributed by atoms with Crippen LogP contribution in [-0.4, -0.2) is 46.1 Å². The van der Waals surface area contributed by atoms with Gasteiger partial charge in [0.15, 0.2) is 27.9 Å². The Morgan fingerprint density at radius 1 is 1.09 bits per heavy atom. The SMILES string of the molecule is CCS(=O)(=O)c1cc(-c2ccc(Cl)cc2)cnc1-n1nc2cc(OCC(F)(F)F)ccn2c1=O. The number of halogens is 4. The van der Waals surface area contributed by atoms with Gasteiger partial charge in [-0.1, -0.05) is 30.7 Å². The second kappa shape index (κ2) is 8.76. The molecule has 0 aliphatic heterocycles. The van der Waals surface area contributed by atoms with Crippen molar-refractivity contribution in [2.45, 2.75) is 18.0 Å². The largest absolute Gasteiger partial charge is 0.484 e. The Balaban J connectivity index is 1.84. The molecule has 13 heteroatoms. The first-order valence-corrected chi connectivity index (χ1v) is 11.8. The molecule has 8 nitrogen and oxygen atoms in total. The normalized spacial score (nSPS) is 12.3. The summed E-state index contributed by atoms with van der Waals surface area (Å²) in [6, 6.07) is 10.4. The van der Waals surface area contributed by atoms with Crippen molar-refractivity contribution < 1.29 is 26.3 Å². The average Bonchev–Trinajstić information content (AvgIpc) is 3.13. The third-order valence-corrected chi connectivity index (χ3v) is 6.81. The number of rotatable bonds is 6. The van der Waals surface area contributed by atoms with Crippen LogP contribution in [0.5, 0.6) is 5.75 Å². The van der Waals surface area contributed by atoms with Crippen LogP contribution >= 0.6 is 11.6 Å². The number of benzene rings is 1. The van der Waals surface area contributed by atoms with Crippen LogP contribution in [0.1, 0.15) is 6.92 Å². The van der Waals surface area contributed by atoms with Gasteiger partial charge in [0, 0.05) is 29.0 Å². The maximum atomic E-state index is 12.9. The first kappa shape index (κ1) is 23.8. The summed E-state index contributed by atoms with van der Waals surface area (Å²) in [6.45, 7) is -0.0640. The Hall–Kier alpha value is -3.38. The second-order valence-corrected chi connectivity index (χ2v) is 9.83. The van der Waals surface area contributed by atoms with Crippen LogP contribution in [0.3, 0.4) is 0 Å². The Morgan fingerprint density at radius 3 is 2.44 bits per heavy atom. The standard InChI is InChI=1S/C21H16ClF3N4O4S/c1-2-34(31,32)17-9-14(13-3-5-15(22)6-4-13)11-26-19(17)29-20(30)28-8-7-16(10-18(28)27-29)33-12-21(23,24)25/h3-11H,2,12H2,1H3. The number of sulfone groups is 1. The van der Waals surface area contributed by atoms with Gasteiger partial charge < -0.3 is 4.74 Å². The number of ether oxygens (including phenoxy) is 1. The molecule has 0 unspecified atom stereocenters. The van der Waals surface area contributed by atoms with Crippen molar-refractivity contribution in [3.8, 4) is 22.7 Å². The Bertz CT molecular complexity index is 1530. The monoisotopic (exact) mass is 512 g/mol. The minimum absolute atomic E-state index is 0.0481. The molecule has 3 aromatic heterocycles. The van der Waals surface area contributed by atoms with Crippen LogP contribution in [0, 0.1) is 0 Å². The minimum Gasteiger partial charge on any atom is -0.484 e. The number of aromatic nitrogens is 4. The molecule has 3 heterocycles. The maximum Gasteiger partial charge on any atom is 0.422 e. The molecule has 0 radical (unpaired) electrons. The molecule has 0 amide bonds. The number of fused-ring (bicyclic) bond motifs is 1. The quantitative estimate of drug-likeness (QED) is 0.388. The van der Waals surface area contributed by atoms with Crippen LogP contribution in [0.2, 0.25) is 5.02 Å². The second-order valence-electron chi connectivity index (χ2n) is 7.14. The van der Waals surface area contributed by atoms with E-state index in [1.807, 2.05) is 0 Å². The van der Waals surface area contributed by atoms with Gasteiger partial charge in [0.05, 0.1) is 5.75 Å². The molecular weight excluding hydrogens is 497 g/mol. The minimum atomic E-state index is -4.54. The zero-order valence-electron chi connectivity index (χ0n) is 17.5. The van der Waals surface area contributed by atoms with E-state index >= 15 is 0 Å². The molecule has 0 aliphatic rings. The topological polar surface area (TPSA) is 95.6 Å². The zero-order valence-corrected chi connectivity index (χ0v) is 19.0. The summed E-state index contributed by atoms with van der Waals surface area (Å²) in [5, 5.41) is 4.58. The van der Waals surface area contributed by atoms with Gasteiger partial charge in [-0.05, 0) is 29.8 Å². The van der Waals surface area contributed by atoms with Crippen molar-refractivity contribution >= 4 is 27.1 Å². The molecule has 1 aromatic carbocycles. The number of hydrogen-bond donors (Lipinski definition) is 0. The van der Waals surface area contributed by atoms with E-state index in [-0.39, 0.29) is 27.9 Å². The number of alkyl halides is 3. The van der Waals surface area contributed by atoms with Crippen molar-refractivity contribution in [2.75, 3.05) is 12.4 Å². The lowest BCUT2D eigenvalue weighted by Crippen LogP contribution is -2.23. The van der Waals surface area contributed by atoms with Gasteiger partial charge in [-0.2, -0.15) is 17.9 Å². The maximum absolute atomic E-state index is 12.9. The molecule has 4 aromatic rings. The highest BCUT2D eigenvalue weighted by atomic mass is 35.5. The fourth-order valence-electron chi connectivity index (χ4n) is 3.13. The number of hydrogen-bond acceptors (Lipinski definition) is 6. The number of pyridine rings is 2. The fourth-order valence-corrected chi connectivity index (χ4v) is 4.29. The van der Waals surface area contributed by atoms with Gasteiger partial charge in [0.2, 0.25) is 0 Å². The Kier molecular flexibility index (Phi) is 6.13.